The van der Waals surface area contributed by atoms with E-state index in [0.717, 1.165) is 5.56 Å². The van der Waals surface area contributed by atoms with Crippen LogP contribution in [-0.2, 0) is 9.53 Å². The van der Waals surface area contributed by atoms with Crippen LogP contribution in [-0.4, -0.2) is 34.9 Å². The van der Waals surface area contributed by atoms with Crippen molar-refractivity contribution in [1.29, 1.82) is 0 Å². The zero-order valence-corrected chi connectivity index (χ0v) is 20.8. The minimum Gasteiger partial charge on any atom is -0.377 e. The zero-order chi connectivity index (χ0) is 23.3. The highest BCUT2D eigenvalue weighted by atomic mass is 35.5. The third-order valence-corrected chi connectivity index (χ3v) is 7.01. The van der Waals surface area contributed by atoms with Gasteiger partial charge in [0.05, 0.1) is 18.8 Å². The van der Waals surface area contributed by atoms with Gasteiger partial charge in [0.1, 0.15) is 11.4 Å². The molecule has 2 aliphatic heterocycles. The summed E-state index contributed by atoms with van der Waals surface area (Å²) in [5.74, 6) is -0.0917. The van der Waals surface area contributed by atoms with E-state index in [2.05, 4.69) is 58.9 Å². The number of amides is 1. The Morgan fingerprint density at radius 1 is 1.12 bits per heavy atom. The lowest BCUT2D eigenvalue weighted by molar-refractivity contribution is -0.144. The molecule has 0 aromatic heterocycles. The molecule has 4 rings (SSSR count). The summed E-state index contributed by atoms with van der Waals surface area (Å²) in [6, 6.07) is 13.4. The van der Waals surface area contributed by atoms with Crippen LogP contribution in [0.3, 0.4) is 0 Å². The molecule has 4 nitrogen and oxygen atoms in total. The molecule has 2 aromatic rings. The van der Waals surface area contributed by atoms with Crippen molar-refractivity contribution in [2.75, 3.05) is 6.61 Å². The van der Waals surface area contributed by atoms with Crippen molar-refractivity contribution >= 4 is 34.8 Å². The van der Waals surface area contributed by atoms with Crippen LogP contribution in [0.15, 0.2) is 47.5 Å². The molecule has 2 aromatic carbocycles. The van der Waals surface area contributed by atoms with Crippen molar-refractivity contribution in [3.8, 4) is 0 Å². The maximum absolute atomic E-state index is 13.9. The van der Waals surface area contributed by atoms with E-state index in [9.17, 15) is 4.79 Å². The number of benzene rings is 2. The average Bonchev–Trinajstić information content (AvgIpc) is 2.98. The third-order valence-electron chi connectivity index (χ3n) is 6.57. The Balaban J connectivity index is 1.81. The minimum atomic E-state index is -0.665. The van der Waals surface area contributed by atoms with Gasteiger partial charge in [-0.05, 0) is 43.0 Å². The van der Waals surface area contributed by atoms with Crippen LogP contribution in [0.2, 0.25) is 10.0 Å². The van der Waals surface area contributed by atoms with Gasteiger partial charge in [0, 0.05) is 28.5 Å². The minimum absolute atomic E-state index is 0.0113. The fourth-order valence-electron chi connectivity index (χ4n) is 4.72. The SMILES string of the molecule is Cc1ccc(C(C)N2C(=O)C(c3cc(Cl)cc(Cl)c3)=NC23CCOC(C(C)(C)C)C3)cc1. The van der Waals surface area contributed by atoms with E-state index >= 15 is 0 Å². The number of halogens is 2. The molecule has 1 fully saturated rings. The molecule has 0 saturated carbocycles. The van der Waals surface area contributed by atoms with E-state index in [1.165, 1.54) is 5.56 Å². The average molecular weight is 473 g/mol. The van der Waals surface area contributed by atoms with Gasteiger partial charge < -0.3 is 9.64 Å². The van der Waals surface area contributed by atoms with Gasteiger partial charge >= 0.3 is 0 Å². The molecule has 2 aliphatic rings. The van der Waals surface area contributed by atoms with Crippen molar-refractivity contribution in [2.45, 2.75) is 65.3 Å². The number of carbonyl (C=O) groups is 1. The van der Waals surface area contributed by atoms with E-state index < -0.39 is 5.66 Å². The molecule has 3 atom stereocenters. The number of hydrogen-bond acceptors (Lipinski definition) is 3. The highest BCUT2D eigenvalue weighted by Gasteiger charge is 2.53. The number of nitrogens with zero attached hydrogens (tertiary/aromatic N) is 2. The Morgan fingerprint density at radius 3 is 2.34 bits per heavy atom. The number of rotatable bonds is 3. The van der Waals surface area contributed by atoms with Crippen molar-refractivity contribution in [2.24, 2.45) is 10.4 Å². The summed E-state index contributed by atoms with van der Waals surface area (Å²) in [6.45, 7) is 11.2. The van der Waals surface area contributed by atoms with Crippen LogP contribution in [0, 0.1) is 12.3 Å². The summed E-state index contributed by atoms with van der Waals surface area (Å²) in [6.07, 6.45) is 1.29. The Bertz CT molecular complexity index is 1040. The molecular formula is C26H30Cl2N2O2. The van der Waals surface area contributed by atoms with Gasteiger partial charge in [-0.25, -0.2) is 0 Å². The molecule has 2 heterocycles. The van der Waals surface area contributed by atoms with Gasteiger partial charge in [0.25, 0.3) is 5.91 Å². The van der Waals surface area contributed by atoms with Crippen molar-refractivity contribution in [3.05, 3.63) is 69.2 Å². The van der Waals surface area contributed by atoms with Crippen LogP contribution >= 0.6 is 23.2 Å². The molecule has 1 saturated heterocycles. The van der Waals surface area contributed by atoms with E-state index in [1.807, 2.05) is 4.90 Å². The molecular weight excluding hydrogens is 443 g/mol. The van der Waals surface area contributed by atoms with Crippen molar-refractivity contribution in [1.82, 2.24) is 4.90 Å². The quantitative estimate of drug-likeness (QED) is 0.503. The summed E-state index contributed by atoms with van der Waals surface area (Å²) >= 11 is 12.5. The van der Waals surface area contributed by atoms with Crippen LogP contribution < -0.4 is 0 Å². The Kier molecular flexibility index (Phi) is 6.17. The Labute approximate surface area is 200 Å². The predicted molar refractivity (Wildman–Crippen MR) is 131 cm³/mol. The smallest absolute Gasteiger partial charge is 0.275 e. The maximum atomic E-state index is 13.9. The number of aliphatic imine (C=N–C) groups is 1. The first kappa shape index (κ1) is 23.3. The lowest BCUT2D eigenvalue weighted by Gasteiger charge is -2.47. The second-order valence-corrected chi connectivity index (χ2v) is 10.9. The fraction of sp³-hybridized carbons (Fsp3) is 0.462. The topological polar surface area (TPSA) is 41.9 Å². The molecule has 0 aliphatic carbocycles. The first-order chi connectivity index (χ1) is 15.0. The monoisotopic (exact) mass is 472 g/mol. The molecule has 0 N–H and O–H groups in total. The lowest BCUT2D eigenvalue weighted by Crippen LogP contribution is -2.55. The molecule has 3 unspecified atom stereocenters. The van der Waals surface area contributed by atoms with E-state index in [1.54, 1.807) is 18.2 Å². The maximum Gasteiger partial charge on any atom is 0.275 e. The van der Waals surface area contributed by atoms with E-state index in [0.29, 0.717) is 40.8 Å². The summed E-state index contributed by atoms with van der Waals surface area (Å²) in [5.41, 5.74) is 2.62. The largest absolute Gasteiger partial charge is 0.377 e. The van der Waals surface area contributed by atoms with Crippen molar-refractivity contribution < 1.29 is 9.53 Å². The Morgan fingerprint density at radius 2 is 1.75 bits per heavy atom. The molecule has 0 radical (unpaired) electrons. The van der Waals surface area contributed by atoms with Crippen LogP contribution in [0.4, 0.5) is 0 Å². The molecule has 6 heteroatoms. The molecule has 170 valence electrons. The number of aryl methyl sites for hydroxylation is 1. The molecule has 1 amide bonds. The highest BCUT2D eigenvalue weighted by Crippen LogP contribution is 2.46. The predicted octanol–water partition coefficient (Wildman–Crippen LogP) is 6.62. The van der Waals surface area contributed by atoms with Crippen molar-refractivity contribution in [3.63, 3.8) is 0 Å². The second kappa shape index (κ2) is 8.48. The van der Waals surface area contributed by atoms with Gasteiger partial charge in [0.2, 0.25) is 0 Å². The number of hydrogen-bond donors (Lipinski definition) is 0. The van der Waals surface area contributed by atoms with E-state index in [-0.39, 0.29) is 23.5 Å². The van der Waals surface area contributed by atoms with Gasteiger partial charge in [-0.2, -0.15) is 0 Å². The normalized spacial score (nSPS) is 24.7. The van der Waals surface area contributed by atoms with Gasteiger partial charge in [0.15, 0.2) is 0 Å². The lowest BCUT2D eigenvalue weighted by atomic mass is 9.80. The first-order valence-electron chi connectivity index (χ1n) is 11.1. The standard InChI is InChI=1S/C26H30Cl2N2O2/c1-16-6-8-18(9-7-16)17(2)30-24(31)23(19-12-20(27)14-21(28)13-19)29-26(30)10-11-32-22(15-26)25(3,4)5/h6-9,12-14,17,22H,10-11,15H2,1-5H3. The summed E-state index contributed by atoms with van der Waals surface area (Å²) in [4.78, 5) is 21.0. The highest BCUT2D eigenvalue weighted by molar-refractivity contribution is 6.47. The van der Waals surface area contributed by atoms with Gasteiger partial charge in [-0.1, -0.05) is 73.8 Å². The fourth-order valence-corrected chi connectivity index (χ4v) is 5.25. The molecule has 32 heavy (non-hydrogen) atoms. The van der Waals surface area contributed by atoms with Crippen LogP contribution in [0.25, 0.3) is 0 Å². The summed E-state index contributed by atoms with van der Waals surface area (Å²) in [7, 11) is 0. The Hall–Kier alpha value is -1.88. The van der Waals surface area contributed by atoms with Crippen LogP contribution in [0.1, 0.15) is 63.3 Å². The van der Waals surface area contributed by atoms with Crippen LogP contribution in [0.5, 0.6) is 0 Å². The summed E-state index contributed by atoms with van der Waals surface area (Å²) < 4.78 is 6.14. The second-order valence-electron chi connectivity index (χ2n) is 10.0. The third kappa shape index (κ3) is 4.33. The van der Waals surface area contributed by atoms with Gasteiger partial charge in [-0.15, -0.1) is 0 Å². The zero-order valence-electron chi connectivity index (χ0n) is 19.3. The first-order valence-corrected chi connectivity index (χ1v) is 11.8. The summed E-state index contributed by atoms with van der Waals surface area (Å²) in [5, 5.41) is 0.975. The van der Waals surface area contributed by atoms with E-state index in [4.69, 9.17) is 32.9 Å². The number of carbonyl (C=O) groups excluding carboxylic acids is 1. The van der Waals surface area contributed by atoms with Gasteiger partial charge in [-0.3, -0.25) is 9.79 Å². The molecule has 1 spiro atoms. The number of ether oxygens (including phenoxy) is 1. The molecule has 0 bridgehead atoms.